The number of esters is 1. The Morgan fingerprint density at radius 2 is 1.83 bits per heavy atom. The Kier molecular flexibility index (Phi) is 6.15. The van der Waals surface area contributed by atoms with Crippen molar-refractivity contribution in [3.63, 3.8) is 0 Å². The minimum absolute atomic E-state index is 0.0460. The molecule has 0 spiro atoms. The fourth-order valence-electron chi connectivity index (χ4n) is 3.99. The summed E-state index contributed by atoms with van der Waals surface area (Å²) in [4.78, 5) is 26.9. The lowest BCUT2D eigenvalue weighted by Gasteiger charge is -2.35. The Bertz CT molecular complexity index is 722. The van der Waals surface area contributed by atoms with Crippen molar-refractivity contribution in [3.8, 4) is 0 Å². The molecule has 1 aliphatic heterocycles. The van der Waals surface area contributed by atoms with E-state index in [0.29, 0.717) is 19.3 Å². The van der Waals surface area contributed by atoms with Crippen LogP contribution in [0.25, 0.3) is 0 Å². The van der Waals surface area contributed by atoms with E-state index in [0.717, 1.165) is 5.56 Å². The predicted octanol–water partition coefficient (Wildman–Crippen LogP) is 5.14. The Labute approximate surface area is 170 Å². The number of cyclic esters (lactones) is 1. The number of benzene rings is 1. The number of ether oxygens (including phenoxy) is 2. The lowest BCUT2D eigenvalue weighted by atomic mass is 9.82. The maximum Gasteiger partial charge on any atom is 0.413 e. The third kappa shape index (κ3) is 5.25. The quantitative estimate of drug-likeness (QED) is 0.646. The summed E-state index contributed by atoms with van der Waals surface area (Å²) in [7, 11) is 0. The smallest absolute Gasteiger partial charge is 0.413 e. The molecule has 0 bridgehead atoms. The van der Waals surface area contributed by atoms with E-state index < -0.39 is 35.7 Å². The summed E-state index contributed by atoms with van der Waals surface area (Å²) in [6.45, 7) is 5.73. The minimum atomic E-state index is -2.63. The molecule has 29 heavy (non-hydrogen) atoms. The first-order chi connectivity index (χ1) is 13.6. The molecule has 5 nitrogen and oxygen atoms in total. The topological polar surface area (TPSA) is 55.8 Å². The van der Waals surface area contributed by atoms with Crippen LogP contribution in [0.5, 0.6) is 0 Å². The molecular formula is C22H29F2NO4. The van der Waals surface area contributed by atoms with E-state index in [2.05, 4.69) is 0 Å². The molecular weight excluding hydrogens is 380 g/mol. The van der Waals surface area contributed by atoms with E-state index >= 15 is 0 Å². The number of carbonyl (C=O) groups is 2. The largest absolute Gasteiger partial charge is 0.444 e. The van der Waals surface area contributed by atoms with E-state index in [-0.39, 0.29) is 25.4 Å². The van der Waals surface area contributed by atoms with Crippen molar-refractivity contribution in [2.45, 2.75) is 77.7 Å². The third-order valence-electron chi connectivity index (χ3n) is 5.64. The maximum absolute atomic E-state index is 13.5. The van der Waals surface area contributed by atoms with Gasteiger partial charge in [-0.3, -0.25) is 4.90 Å². The van der Waals surface area contributed by atoms with Crippen molar-refractivity contribution in [2.75, 3.05) is 0 Å². The fourth-order valence-corrected chi connectivity index (χ4v) is 3.99. The van der Waals surface area contributed by atoms with Gasteiger partial charge in [0.05, 0.1) is 0 Å². The van der Waals surface area contributed by atoms with Gasteiger partial charge in [-0.05, 0) is 30.7 Å². The number of alkyl halides is 2. The van der Waals surface area contributed by atoms with Gasteiger partial charge in [0, 0.05) is 18.3 Å². The number of hydrogen-bond acceptors (Lipinski definition) is 4. The standard InChI is InChI=1S/C22H29F2NO4/c1-21(2,3)19-25(20(27)28-14-16-7-5-4-6-8-16)17(18(26)29-19)13-15-9-11-22(23,24)12-10-15/h4-8,15,17,19H,9-14H2,1-3H3/t17-,19-/m0/s1. The SMILES string of the molecule is CC(C)(C)[C@@H]1OC(=O)[C@H](CC2CCC(F)(F)CC2)N1C(=O)OCc1ccccc1. The van der Waals surface area contributed by atoms with Crippen molar-refractivity contribution < 1.29 is 27.8 Å². The number of nitrogens with zero attached hydrogens (tertiary/aromatic N) is 1. The summed E-state index contributed by atoms with van der Waals surface area (Å²) >= 11 is 0. The molecule has 7 heteroatoms. The number of carbonyl (C=O) groups excluding carboxylic acids is 2. The van der Waals surface area contributed by atoms with Crippen LogP contribution < -0.4 is 0 Å². The van der Waals surface area contributed by atoms with Crippen LogP contribution in [0.1, 0.15) is 58.4 Å². The van der Waals surface area contributed by atoms with Gasteiger partial charge in [0.15, 0.2) is 6.23 Å². The summed E-state index contributed by atoms with van der Waals surface area (Å²) in [6, 6.07) is 8.47. The van der Waals surface area contributed by atoms with Gasteiger partial charge in [0.25, 0.3) is 0 Å². The van der Waals surface area contributed by atoms with Crippen molar-refractivity contribution in [3.05, 3.63) is 35.9 Å². The van der Waals surface area contributed by atoms with E-state index in [9.17, 15) is 18.4 Å². The molecule has 0 N–H and O–H groups in total. The van der Waals surface area contributed by atoms with Gasteiger partial charge < -0.3 is 9.47 Å². The molecule has 1 amide bonds. The van der Waals surface area contributed by atoms with Crippen LogP contribution in [0.2, 0.25) is 0 Å². The first-order valence-corrected chi connectivity index (χ1v) is 10.1. The molecule has 0 aromatic heterocycles. The van der Waals surface area contributed by atoms with Crippen molar-refractivity contribution in [1.82, 2.24) is 4.90 Å². The lowest BCUT2D eigenvalue weighted by molar-refractivity contribution is -0.147. The van der Waals surface area contributed by atoms with Gasteiger partial charge in [-0.2, -0.15) is 0 Å². The number of rotatable bonds is 4. The van der Waals surface area contributed by atoms with E-state index in [1.54, 1.807) is 0 Å². The summed E-state index contributed by atoms with van der Waals surface area (Å²) < 4.78 is 38.0. The van der Waals surface area contributed by atoms with Crippen LogP contribution in [-0.2, 0) is 20.9 Å². The Morgan fingerprint density at radius 3 is 2.41 bits per heavy atom. The second-order valence-corrected chi connectivity index (χ2v) is 9.15. The molecule has 2 atom stereocenters. The third-order valence-corrected chi connectivity index (χ3v) is 5.64. The molecule has 1 saturated carbocycles. The molecule has 0 radical (unpaired) electrons. The highest BCUT2D eigenvalue weighted by Crippen LogP contribution is 2.41. The van der Waals surface area contributed by atoms with Crippen LogP contribution in [0.3, 0.4) is 0 Å². The average molecular weight is 409 g/mol. The summed E-state index contributed by atoms with van der Waals surface area (Å²) in [5.41, 5.74) is 0.334. The molecule has 160 valence electrons. The Hall–Kier alpha value is -2.18. The zero-order valence-corrected chi connectivity index (χ0v) is 17.2. The molecule has 1 aromatic rings. The van der Waals surface area contributed by atoms with E-state index in [4.69, 9.17) is 9.47 Å². The molecule has 2 aliphatic rings. The Morgan fingerprint density at radius 1 is 1.21 bits per heavy atom. The molecule has 3 rings (SSSR count). The summed E-state index contributed by atoms with van der Waals surface area (Å²) in [5.74, 6) is -3.16. The van der Waals surface area contributed by atoms with Crippen molar-refractivity contribution in [1.29, 1.82) is 0 Å². The second-order valence-electron chi connectivity index (χ2n) is 9.15. The Balaban J connectivity index is 1.72. The van der Waals surface area contributed by atoms with Gasteiger partial charge in [-0.25, -0.2) is 18.4 Å². The lowest BCUT2D eigenvalue weighted by Crippen LogP contribution is -2.48. The molecule has 1 aliphatic carbocycles. The number of hydrogen-bond donors (Lipinski definition) is 0. The first kappa shape index (κ1) is 21.5. The van der Waals surface area contributed by atoms with Crippen molar-refractivity contribution in [2.24, 2.45) is 11.3 Å². The average Bonchev–Trinajstić information content (AvgIpc) is 2.99. The molecule has 0 unspecified atom stereocenters. The van der Waals surface area contributed by atoms with Gasteiger partial charge in [0.1, 0.15) is 12.6 Å². The normalized spacial score (nSPS) is 25.0. The van der Waals surface area contributed by atoms with Crippen molar-refractivity contribution >= 4 is 12.1 Å². The molecule has 2 fully saturated rings. The van der Waals surface area contributed by atoms with Gasteiger partial charge >= 0.3 is 12.1 Å². The highest BCUT2D eigenvalue weighted by molar-refractivity contribution is 5.84. The zero-order valence-electron chi connectivity index (χ0n) is 17.2. The van der Waals surface area contributed by atoms with E-state index in [1.807, 2.05) is 51.1 Å². The second kappa shape index (κ2) is 8.28. The first-order valence-electron chi connectivity index (χ1n) is 10.1. The zero-order chi connectivity index (χ0) is 21.2. The number of halogens is 2. The molecule has 1 heterocycles. The van der Waals surface area contributed by atoms with Gasteiger partial charge in [0.2, 0.25) is 5.92 Å². The van der Waals surface area contributed by atoms with Crippen LogP contribution in [0.4, 0.5) is 13.6 Å². The highest BCUT2D eigenvalue weighted by atomic mass is 19.3. The van der Waals surface area contributed by atoms with Crippen LogP contribution in [-0.4, -0.2) is 35.2 Å². The molecule has 1 aromatic carbocycles. The maximum atomic E-state index is 13.5. The van der Waals surface area contributed by atoms with Gasteiger partial charge in [-0.15, -0.1) is 0 Å². The van der Waals surface area contributed by atoms with Gasteiger partial charge in [-0.1, -0.05) is 51.1 Å². The van der Waals surface area contributed by atoms with Crippen LogP contribution in [0, 0.1) is 11.3 Å². The summed E-state index contributed by atoms with van der Waals surface area (Å²) in [6.07, 6.45) is -0.740. The minimum Gasteiger partial charge on any atom is -0.444 e. The van der Waals surface area contributed by atoms with Crippen LogP contribution in [0.15, 0.2) is 30.3 Å². The predicted molar refractivity (Wildman–Crippen MR) is 103 cm³/mol. The number of amides is 1. The van der Waals surface area contributed by atoms with E-state index in [1.165, 1.54) is 4.90 Å². The summed E-state index contributed by atoms with van der Waals surface area (Å²) in [5, 5.41) is 0. The monoisotopic (exact) mass is 409 g/mol. The highest BCUT2D eigenvalue weighted by Gasteiger charge is 2.51. The molecule has 1 saturated heterocycles. The van der Waals surface area contributed by atoms with Crippen LogP contribution >= 0.6 is 0 Å². The fraction of sp³-hybridized carbons (Fsp3) is 0.636.